The Balaban J connectivity index is 1.23. The first kappa shape index (κ1) is 23.1. The first-order valence-electron chi connectivity index (χ1n) is 11.5. The van der Waals surface area contributed by atoms with Crippen LogP contribution in [0.3, 0.4) is 0 Å². The minimum absolute atomic E-state index is 0.0483. The molecule has 0 saturated carbocycles. The molecule has 1 atom stereocenters. The van der Waals surface area contributed by atoms with Crippen LogP contribution in [0, 0.1) is 0 Å². The lowest BCUT2D eigenvalue weighted by Gasteiger charge is -2.35. The van der Waals surface area contributed by atoms with Crippen molar-refractivity contribution >= 4 is 46.2 Å². The number of carbonyl (C=O) groups excluding carboxylic acids is 2. The van der Waals surface area contributed by atoms with E-state index >= 15 is 0 Å². The van der Waals surface area contributed by atoms with Gasteiger partial charge in [0.2, 0.25) is 12.7 Å². The highest BCUT2D eigenvalue weighted by Crippen LogP contribution is 2.36. The second-order valence-electron chi connectivity index (χ2n) is 8.40. The van der Waals surface area contributed by atoms with Crippen LogP contribution < -0.4 is 9.47 Å². The van der Waals surface area contributed by atoms with Crippen molar-refractivity contribution < 1.29 is 19.1 Å². The van der Waals surface area contributed by atoms with Gasteiger partial charge in [0.25, 0.3) is 5.91 Å². The van der Waals surface area contributed by atoms with E-state index in [9.17, 15) is 9.59 Å². The van der Waals surface area contributed by atoms with Crippen LogP contribution in [0.4, 0.5) is 0 Å². The van der Waals surface area contributed by atoms with Crippen molar-refractivity contribution in [2.45, 2.75) is 64.3 Å². The Morgan fingerprint density at radius 1 is 1.22 bits per heavy atom. The van der Waals surface area contributed by atoms with Gasteiger partial charge >= 0.3 is 0 Å². The molecular weight excluding hydrogens is 444 g/mol. The predicted octanol–water partition coefficient (Wildman–Crippen LogP) is 4.97. The lowest BCUT2D eigenvalue weighted by atomic mass is 9.99. The van der Waals surface area contributed by atoms with Gasteiger partial charge in [-0.1, -0.05) is 43.4 Å². The van der Waals surface area contributed by atoms with E-state index in [0.29, 0.717) is 34.0 Å². The zero-order chi connectivity index (χ0) is 22.5. The largest absolute Gasteiger partial charge is 0.454 e. The van der Waals surface area contributed by atoms with Crippen LogP contribution in [0.15, 0.2) is 23.1 Å². The molecule has 3 heterocycles. The molecule has 0 aliphatic carbocycles. The standard InChI is InChI=1S/C24H30N2O4S2/c1-2-18-8-5-7-12-25(18)22(27)9-4-3-6-13-26-23(28)21(32-24(26)31)15-17-10-11-19-20(14-17)30-16-29-19/h10-11,14-15,18H,2-9,12-13,16H2,1H3/b21-15-/t18-/m1/s1. The molecule has 0 radical (unpaired) electrons. The van der Waals surface area contributed by atoms with Crippen molar-refractivity contribution in [3.05, 3.63) is 28.7 Å². The molecule has 3 aliphatic rings. The summed E-state index contributed by atoms with van der Waals surface area (Å²) in [6, 6.07) is 6.05. The summed E-state index contributed by atoms with van der Waals surface area (Å²) in [6.45, 7) is 3.89. The molecule has 0 unspecified atom stereocenters. The van der Waals surface area contributed by atoms with Gasteiger partial charge in [-0.15, -0.1) is 0 Å². The fourth-order valence-electron chi connectivity index (χ4n) is 4.47. The number of thiocarbonyl (C=S) groups is 1. The number of amides is 2. The molecule has 2 saturated heterocycles. The molecule has 0 spiro atoms. The highest BCUT2D eigenvalue weighted by atomic mass is 32.2. The summed E-state index contributed by atoms with van der Waals surface area (Å²) in [5.74, 6) is 1.65. The topological polar surface area (TPSA) is 59.1 Å². The second kappa shape index (κ2) is 10.7. The number of benzene rings is 1. The molecule has 8 heteroatoms. The Kier molecular flexibility index (Phi) is 7.73. The number of ether oxygens (including phenoxy) is 2. The minimum atomic E-state index is -0.0483. The fraction of sp³-hybridized carbons (Fsp3) is 0.542. The van der Waals surface area contributed by atoms with Crippen molar-refractivity contribution in [2.24, 2.45) is 0 Å². The van der Waals surface area contributed by atoms with Gasteiger partial charge in [-0.3, -0.25) is 14.5 Å². The predicted molar refractivity (Wildman–Crippen MR) is 131 cm³/mol. The molecule has 6 nitrogen and oxygen atoms in total. The van der Waals surface area contributed by atoms with Crippen molar-refractivity contribution in [1.29, 1.82) is 0 Å². The van der Waals surface area contributed by atoms with Crippen LogP contribution in [0.1, 0.15) is 63.9 Å². The van der Waals surface area contributed by atoms with Gasteiger partial charge in [0, 0.05) is 25.6 Å². The van der Waals surface area contributed by atoms with Gasteiger partial charge in [0.05, 0.1) is 4.91 Å². The number of rotatable bonds is 8. The van der Waals surface area contributed by atoms with Gasteiger partial charge in [-0.05, 0) is 62.3 Å². The molecule has 0 aromatic heterocycles. The summed E-state index contributed by atoms with van der Waals surface area (Å²) in [6.07, 6.45) is 9.58. The Bertz CT molecular complexity index is 917. The summed E-state index contributed by atoms with van der Waals surface area (Å²) in [5.41, 5.74) is 0.886. The maximum absolute atomic E-state index is 12.8. The van der Waals surface area contributed by atoms with E-state index in [-0.39, 0.29) is 18.6 Å². The number of piperidine rings is 1. The van der Waals surface area contributed by atoms with Crippen molar-refractivity contribution in [3.8, 4) is 11.5 Å². The first-order valence-corrected chi connectivity index (χ1v) is 12.7. The van der Waals surface area contributed by atoms with Crippen LogP contribution in [0.2, 0.25) is 0 Å². The number of hydrogen-bond donors (Lipinski definition) is 0. The van der Waals surface area contributed by atoms with E-state index < -0.39 is 0 Å². The quantitative estimate of drug-likeness (QED) is 0.301. The number of likely N-dealkylation sites (tertiary alicyclic amines) is 1. The maximum Gasteiger partial charge on any atom is 0.266 e. The van der Waals surface area contributed by atoms with Crippen LogP contribution in [-0.4, -0.2) is 51.9 Å². The molecule has 0 bridgehead atoms. The molecule has 3 aliphatic heterocycles. The van der Waals surface area contributed by atoms with Gasteiger partial charge < -0.3 is 14.4 Å². The van der Waals surface area contributed by atoms with Crippen LogP contribution in [0.5, 0.6) is 11.5 Å². The number of carbonyl (C=O) groups is 2. The number of nitrogens with zero attached hydrogens (tertiary/aromatic N) is 2. The Labute approximate surface area is 199 Å². The van der Waals surface area contributed by atoms with E-state index in [4.69, 9.17) is 21.7 Å². The van der Waals surface area contributed by atoms with Crippen LogP contribution >= 0.6 is 24.0 Å². The van der Waals surface area contributed by atoms with Gasteiger partial charge in [-0.2, -0.15) is 0 Å². The average Bonchev–Trinajstić information content (AvgIpc) is 3.37. The molecule has 2 amide bonds. The summed E-state index contributed by atoms with van der Waals surface area (Å²) in [7, 11) is 0. The second-order valence-corrected chi connectivity index (χ2v) is 10.1. The molecule has 172 valence electrons. The number of unbranched alkanes of at least 4 members (excludes halogenated alkanes) is 2. The molecule has 1 aromatic carbocycles. The lowest BCUT2D eigenvalue weighted by molar-refractivity contribution is -0.135. The van der Waals surface area contributed by atoms with Crippen LogP contribution in [0.25, 0.3) is 6.08 Å². The summed E-state index contributed by atoms with van der Waals surface area (Å²) < 4.78 is 11.3. The lowest BCUT2D eigenvalue weighted by Crippen LogP contribution is -2.43. The molecule has 2 fully saturated rings. The third-order valence-electron chi connectivity index (χ3n) is 6.26. The zero-order valence-electron chi connectivity index (χ0n) is 18.5. The van der Waals surface area contributed by atoms with E-state index in [2.05, 4.69) is 11.8 Å². The fourth-order valence-corrected chi connectivity index (χ4v) is 5.78. The third kappa shape index (κ3) is 5.29. The molecule has 1 aromatic rings. The van der Waals surface area contributed by atoms with E-state index in [1.165, 1.54) is 18.2 Å². The number of fused-ring (bicyclic) bond motifs is 1. The smallest absolute Gasteiger partial charge is 0.266 e. The first-order chi connectivity index (χ1) is 15.6. The highest BCUT2D eigenvalue weighted by Gasteiger charge is 2.31. The minimum Gasteiger partial charge on any atom is -0.454 e. The van der Waals surface area contributed by atoms with E-state index in [0.717, 1.165) is 56.4 Å². The SMILES string of the molecule is CC[C@@H]1CCCCN1C(=O)CCCCCN1C(=O)/C(=C/c2ccc3c(c2)OCO3)SC1=S. The third-order valence-corrected chi connectivity index (χ3v) is 7.64. The molecule has 32 heavy (non-hydrogen) atoms. The van der Waals surface area contributed by atoms with Gasteiger partial charge in [0.1, 0.15) is 4.32 Å². The van der Waals surface area contributed by atoms with Crippen molar-refractivity contribution in [1.82, 2.24) is 9.80 Å². The Morgan fingerprint density at radius 2 is 2.06 bits per heavy atom. The summed E-state index contributed by atoms with van der Waals surface area (Å²) in [5, 5.41) is 0. The summed E-state index contributed by atoms with van der Waals surface area (Å²) in [4.78, 5) is 29.8. The van der Waals surface area contributed by atoms with Crippen molar-refractivity contribution in [2.75, 3.05) is 19.9 Å². The molecule has 0 N–H and O–H groups in total. The van der Waals surface area contributed by atoms with E-state index in [1.54, 1.807) is 4.90 Å². The normalized spacial score (nSPS) is 21.7. The highest BCUT2D eigenvalue weighted by molar-refractivity contribution is 8.26. The molecular formula is C24H30N2O4S2. The monoisotopic (exact) mass is 474 g/mol. The number of hydrogen-bond acceptors (Lipinski definition) is 6. The number of thioether (sulfide) groups is 1. The Hall–Kier alpha value is -2.06. The Morgan fingerprint density at radius 3 is 2.91 bits per heavy atom. The zero-order valence-corrected chi connectivity index (χ0v) is 20.1. The van der Waals surface area contributed by atoms with E-state index in [1.807, 2.05) is 24.3 Å². The van der Waals surface area contributed by atoms with Crippen molar-refractivity contribution in [3.63, 3.8) is 0 Å². The van der Waals surface area contributed by atoms with Crippen LogP contribution in [-0.2, 0) is 9.59 Å². The van der Waals surface area contributed by atoms with Gasteiger partial charge in [0.15, 0.2) is 11.5 Å². The van der Waals surface area contributed by atoms with Gasteiger partial charge in [-0.25, -0.2) is 0 Å². The maximum atomic E-state index is 12.8. The average molecular weight is 475 g/mol. The molecule has 4 rings (SSSR count). The summed E-state index contributed by atoms with van der Waals surface area (Å²) >= 11 is 6.78.